The minimum Gasteiger partial charge on any atom is -0.468 e. The Kier molecular flexibility index (Phi) is 1.31. The second kappa shape index (κ2) is 2.48. The molecule has 14 heavy (non-hydrogen) atoms. The molecule has 68 valence electrons. The first-order chi connectivity index (χ1) is 6.86. The molecule has 3 heteroatoms. The lowest BCUT2D eigenvalue weighted by Gasteiger charge is -1.99. The SMILES string of the molecule is Nc1cocc2nc3ccccc3c1-2. The van der Waals surface area contributed by atoms with Gasteiger partial charge < -0.3 is 10.2 Å². The number of para-hydroxylation sites is 1. The molecular weight excluding hydrogens is 176 g/mol. The summed E-state index contributed by atoms with van der Waals surface area (Å²) in [6.07, 6.45) is 3.15. The molecule has 0 aromatic heterocycles. The van der Waals surface area contributed by atoms with Gasteiger partial charge in [-0.1, -0.05) is 18.2 Å². The van der Waals surface area contributed by atoms with Gasteiger partial charge in [-0.3, -0.25) is 0 Å². The molecule has 2 aliphatic heterocycles. The third kappa shape index (κ3) is 0.836. The minimum absolute atomic E-state index is 0.635. The molecule has 0 aliphatic carbocycles. The van der Waals surface area contributed by atoms with E-state index in [4.69, 9.17) is 10.2 Å². The maximum atomic E-state index is 5.83. The summed E-state index contributed by atoms with van der Waals surface area (Å²) in [5.74, 6) is 0. The van der Waals surface area contributed by atoms with E-state index in [2.05, 4.69) is 4.98 Å². The lowest BCUT2D eigenvalue weighted by Crippen LogP contribution is -1.88. The van der Waals surface area contributed by atoms with Crippen LogP contribution in [0, 0.1) is 0 Å². The maximum absolute atomic E-state index is 5.83. The van der Waals surface area contributed by atoms with Crippen LogP contribution in [0.2, 0.25) is 0 Å². The molecule has 1 aromatic rings. The molecule has 0 saturated heterocycles. The summed E-state index contributed by atoms with van der Waals surface area (Å²) in [7, 11) is 0. The Balaban J connectivity index is 2.57. The highest BCUT2D eigenvalue weighted by atomic mass is 16.3. The van der Waals surface area contributed by atoms with Crippen molar-refractivity contribution >= 4 is 16.6 Å². The predicted octanol–water partition coefficient (Wildman–Crippen LogP) is 2.51. The molecule has 2 heterocycles. The van der Waals surface area contributed by atoms with Crippen LogP contribution in [0.25, 0.3) is 22.2 Å². The van der Waals surface area contributed by atoms with Crippen LogP contribution in [0.1, 0.15) is 0 Å². The molecule has 0 unspecified atom stereocenters. The van der Waals surface area contributed by atoms with Gasteiger partial charge in [0.2, 0.25) is 0 Å². The van der Waals surface area contributed by atoms with E-state index in [-0.39, 0.29) is 0 Å². The second-order valence-electron chi connectivity index (χ2n) is 3.22. The van der Waals surface area contributed by atoms with Gasteiger partial charge >= 0.3 is 0 Å². The Morgan fingerprint density at radius 3 is 2.93 bits per heavy atom. The Morgan fingerprint density at radius 1 is 1.14 bits per heavy atom. The van der Waals surface area contributed by atoms with Crippen molar-refractivity contribution in [1.29, 1.82) is 0 Å². The lowest BCUT2D eigenvalue weighted by atomic mass is 10.1. The van der Waals surface area contributed by atoms with E-state index in [0.717, 1.165) is 22.2 Å². The monoisotopic (exact) mass is 184 g/mol. The zero-order chi connectivity index (χ0) is 9.54. The van der Waals surface area contributed by atoms with Crippen LogP contribution in [0.15, 0.2) is 41.2 Å². The summed E-state index contributed by atoms with van der Waals surface area (Å²) in [6.45, 7) is 0. The van der Waals surface area contributed by atoms with Crippen LogP contribution in [0.5, 0.6) is 0 Å². The Bertz CT molecular complexity index is 571. The Labute approximate surface area is 80.5 Å². The van der Waals surface area contributed by atoms with Crippen molar-refractivity contribution in [3.05, 3.63) is 36.8 Å². The molecule has 0 fully saturated rings. The lowest BCUT2D eigenvalue weighted by molar-refractivity contribution is 0.553. The average Bonchev–Trinajstić information content (AvgIpc) is 2.57. The topological polar surface area (TPSA) is 52.0 Å². The van der Waals surface area contributed by atoms with Gasteiger partial charge in [0.1, 0.15) is 18.2 Å². The van der Waals surface area contributed by atoms with E-state index in [1.807, 2.05) is 24.3 Å². The fourth-order valence-corrected chi connectivity index (χ4v) is 1.73. The molecule has 0 amide bonds. The fourth-order valence-electron chi connectivity index (χ4n) is 1.73. The van der Waals surface area contributed by atoms with Crippen molar-refractivity contribution in [3.8, 4) is 11.3 Å². The van der Waals surface area contributed by atoms with Gasteiger partial charge in [-0.2, -0.15) is 0 Å². The Hall–Kier alpha value is -2.03. The van der Waals surface area contributed by atoms with Crippen LogP contribution >= 0.6 is 0 Å². The number of nitrogens with two attached hydrogens (primary N) is 1. The number of nitrogens with zero attached hydrogens (tertiary/aromatic N) is 1. The molecule has 2 N–H and O–H groups in total. The number of fused-ring (bicyclic) bond motifs is 3. The summed E-state index contributed by atoms with van der Waals surface area (Å²) in [5.41, 5.74) is 9.21. The zero-order valence-electron chi connectivity index (χ0n) is 7.40. The molecule has 1 aromatic carbocycles. The number of rotatable bonds is 0. The first-order valence-corrected chi connectivity index (χ1v) is 4.36. The fraction of sp³-hybridized carbons (Fsp3) is 0. The van der Waals surface area contributed by atoms with Gasteiger partial charge in [0, 0.05) is 10.9 Å². The van der Waals surface area contributed by atoms with Crippen LogP contribution in [0.3, 0.4) is 0 Å². The van der Waals surface area contributed by atoms with E-state index >= 15 is 0 Å². The molecule has 0 spiro atoms. The smallest absolute Gasteiger partial charge is 0.117 e. The number of benzene rings is 1. The van der Waals surface area contributed by atoms with Crippen molar-refractivity contribution in [2.75, 3.05) is 5.73 Å². The van der Waals surface area contributed by atoms with Gasteiger partial charge in [-0.15, -0.1) is 0 Å². The molecule has 2 aliphatic rings. The number of hydrogen-bond acceptors (Lipinski definition) is 3. The van der Waals surface area contributed by atoms with E-state index in [1.165, 1.54) is 6.26 Å². The highest BCUT2D eigenvalue weighted by Gasteiger charge is 2.14. The number of nitrogen functional groups attached to an aromatic ring is 1. The Morgan fingerprint density at radius 2 is 2.00 bits per heavy atom. The largest absolute Gasteiger partial charge is 0.468 e. The summed E-state index contributed by atoms with van der Waals surface area (Å²) >= 11 is 0. The molecule has 3 rings (SSSR count). The van der Waals surface area contributed by atoms with Gasteiger partial charge in [0.15, 0.2) is 0 Å². The van der Waals surface area contributed by atoms with Crippen molar-refractivity contribution in [2.24, 2.45) is 0 Å². The molecule has 0 saturated carbocycles. The van der Waals surface area contributed by atoms with Crippen LogP contribution in [0.4, 0.5) is 5.69 Å². The minimum atomic E-state index is 0.635. The van der Waals surface area contributed by atoms with Crippen molar-refractivity contribution in [2.45, 2.75) is 0 Å². The molecular formula is C11H8N2O. The number of aromatic nitrogens is 1. The van der Waals surface area contributed by atoms with E-state index in [1.54, 1.807) is 6.26 Å². The molecule has 3 nitrogen and oxygen atoms in total. The molecule has 0 radical (unpaired) electrons. The van der Waals surface area contributed by atoms with E-state index in [9.17, 15) is 0 Å². The van der Waals surface area contributed by atoms with E-state index in [0.29, 0.717) is 5.69 Å². The third-order valence-electron chi connectivity index (χ3n) is 2.33. The zero-order valence-corrected chi connectivity index (χ0v) is 7.40. The third-order valence-corrected chi connectivity index (χ3v) is 2.33. The summed E-state index contributed by atoms with van der Waals surface area (Å²) in [4.78, 5) is 4.40. The highest BCUT2D eigenvalue weighted by molar-refractivity contribution is 6.01. The number of anilines is 1. The first kappa shape index (κ1) is 7.38. The van der Waals surface area contributed by atoms with E-state index < -0.39 is 0 Å². The van der Waals surface area contributed by atoms with Crippen molar-refractivity contribution in [1.82, 2.24) is 4.98 Å². The van der Waals surface area contributed by atoms with Crippen LogP contribution in [-0.4, -0.2) is 4.98 Å². The van der Waals surface area contributed by atoms with Gasteiger partial charge in [0.25, 0.3) is 0 Å². The predicted molar refractivity (Wildman–Crippen MR) is 55.0 cm³/mol. The normalized spacial score (nSPS) is 11.1. The molecule has 0 bridgehead atoms. The van der Waals surface area contributed by atoms with Gasteiger partial charge in [-0.25, -0.2) is 4.98 Å². The van der Waals surface area contributed by atoms with Gasteiger partial charge in [0.05, 0.1) is 11.2 Å². The van der Waals surface area contributed by atoms with Crippen LogP contribution in [-0.2, 0) is 0 Å². The molecule has 0 atom stereocenters. The average molecular weight is 184 g/mol. The quantitative estimate of drug-likeness (QED) is 0.584. The van der Waals surface area contributed by atoms with Gasteiger partial charge in [-0.05, 0) is 6.07 Å². The summed E-state index contributed by atoms with van der Waals surface area (Å²) in [5, 5.41) is 1.08. The van der Waals surface area contributed by atoms with Crippen LogP contribution < -0.4 is 5.73 Å². The van der Waals surface area contributed by atoms with Crippen molar-refractivity contribution in [3.63, 3.8) is 0 Å². The maximum Gasteiger partial charge on any atom is 0.117 e. The standard InChI is InChI=1S/C11H8N2O/c12-8-5-14-6-10-11(8)7-3-1-2-4-9(7)13-10/h1-6H,12H2. The number of hydrogen-bond donors (Lipinski definition) is 1. The van der Waals surface area contributed by atoms with Crippen molar-refractivity contribution < 1.29 is 4.42 Å². The highest BCUT2D eigenvalue weighted by Crippen LogP contribution is 2.34. The first-order valence-electron chi connectivity index (χ1n) is 4.36. The second-order valence-corrected chi connectivity index (χ2v) is 3.22. The summed E-state index contributed by atoms with van der Waals surface area (Å²) in [6, 6.07) is 7.92. The summed E-state index contributed by atoms with van der Waals surface area (Å²) < 4.78 is 5.06.